The highest BCUT2D eigenvalue weighted by Gasteiger charge is 2.29. The van der Waals surface area contributed by atoms with Gasteiger partial charge >= 0.3 is 0 Å². The lowest BCUT2D eigenvalue weighted by atomic mass is 10.1. The van der Waals surface area contributed by atoms with Gasteiger partial charge in [-0.3, -0.25) is 4.90 Å². The molecule has 0 saturated carbocycles. The first-order valence-electron chi connectivity index (χ1n) is 10.5. The van der Waals surface area contributed by atoms with Gasteiger partial charge in [0.2, 0.25) is 12.1 Å². The summed E-state index contributed by atoms with van der Waals surface area (Å²) in [6.07, 6.45) is 7.72. The topological polar surface area (TPSA) is 55.6 Å². The first kappa shape index (κ1) is 18.1. The quantitative estimate of drug-likeness (QED) is 0.660. The molecule has 4 heterocycles. The number of hydrogen-bond donors (Lipinski definition) is 0. The highest BCUT2D eigenvalue weighted by Crippen LogP contribution is 2.43. The molecule has 1 aliphatic heterocycles. The average molecular weight is 399 g/mol. The number of ether oxygens (including phenoxy) is 1. The van der Waals surface area contributed by atoms with Crippen LogP contribution in [0.4, 0.5) is 11.6 Å². The molecule has 1 N–H and O–H groups in total. The van der Waals surface area contributed by atoms with Crippen LogP contribution in [0.3, 0.4) is 0 Å². The number of pyridine rings is 1. The minimum absolute atomic E-state index is 0.795. The van der Waals surface area contributed by atoms with Crippen molar-refractivity contribution in [1.82, 2.24) is 9.97 Å². The van der Waals surface area contributed by atoms with E-state index in [4.69, 9.17) is 14.7 Å². The highest BCUT2D eigenvalue weighted by atomic mass is 32.1. The fourth-order valence-electron chi connectivity index (χ4n) is 4.53. The minimum atomic E-state index is 0.795. The molecule has 5 rings (SSSR count). The van der Waals surface area contributed by atoms with Crippen molar-refractivity contribution >= 4 is 43.4 Å². The molecule has 3 aromatic heterocycles. The number of hydrogen-bond acceptors (Lipinski definition) is 6. The molecule has 0 radical (unpaired) electrons. The van der Waals surface area contributed by atoms with E-state index >= 15 is 0 Å². The molecule has 148 valence electrons. The Balaban J connectivity index is 1.68. The molecule has 3 aromatic rings. The van der Waals surface area contributed by atoms with Gasteiger partial charge in [0.25, 0.3) is 0 Å². The molecule has 7 heteroatoms. The number of aromatic nitrogens is 3. The standard InChI is InChI=1S/C21H27N5OS/c1-3-4-8-25(2)20-18-17(22-13-23-20)16-14-6-5-7-15(14)19(24-21(16)28-18)26-9-11-27-12-10-26/h13H,3-12H2,1-2H3/p+1. The Labute approximate surface area is 169 Å². The fourth-order valence-corrected chi connectivity index (χ4v) is 5.74. The first-order valence-corrected chi connectivity index (χ1v) is 11.3. The van der Waals surface area contributed by atoms with Crippen molar-refractivity contribution in [3.05, 3.63) is 17.5 Å². The summed E-state index contributed by atoms with van der Waals surface area (Å²) in [5.41, 5.74) is 4.06. The summed E-state index contributed by atoms with van der Waals surface area (Å²) in [7, 11) is 2.17. The maximum absolute atomic E-state index is 5.56. The predicted molar refractivity (Wildman–Crippen MR) is 115 cm³/mol. The molecule has 0 spiro atoms. The zero-order valence-corrected chi connectivity index (χ0v) is 17.6. The number of aryl methyl sites for hydroxylation is 1. The van der Waals surface area contributed by atoms with Gasteiger partial charge in [-0.05, 0) is 36.8 Å². The SMILES string of the molecule is CCCCN(C)c1[nH+]cnc2c1sc1nc(N3CCOCC3)c3c(c12)CCC3. The van der Waals surface area contributed by atoms with E-state index in [-0.39, 0.29) is 0 Å². The van der Waals surface area contributed by atoms with Crippen LogP contribution in [-0.4, -0.2) is 49.9 Å². The van der Waals surface area contributed by atoms with Crippen LogP contribution >= 0.6 is 11.3 Å². The predicted octanol–water partition coefficient (Wildman–Crippen LogP) is 3.22. The van der Waals surface area contributed by atoms with Crippen molar-refractivity contribution in [2.45, 2.75) is 39.0 Å². The Hall–Kier alpha value is -1.99. The minimum Gasteiger partial charge on any atom is -0.378 e. The van der Waals surface area contributed by atoms with Gasteiger partial charge in [-0.15, -0.1) is 16.3 Å². The summed E-state index contributed by atoms with van der Waals surface area (Å²) >= 11 is 1.79. The van der Waals surface area contributed by atoms with Crippen LogP contribution in [0, 0.1) is 0 Å². The summed E-state index contributed by atoms with van der Waals surface area (Å²) in [6, 6.07) is 0. The second kappa shape index (κ2) is 7.44. The number of anilines is 2. The van der Waals surface area contributed by atoms with E-state index in [1.165, 1.54) is 52.1 Å². The molecular weight excluding hydrogens is 370 g/mol. The van der Waals surface area contributed by atoms with Crippen LogP contribution in [-0.2, 0) is 17.6 Å². The molecule has 0 amide bonds. The number of nitrogens with one attached hydrogen (secondary N) is 1. The van der Waals surface area contributed by atoms with Gasteiger partial charge in [-0.1, -0.05) is 13.3 Å². The van der Waals surface area contributed by atoms with Crippen molar-refractivity contribution in [1.29, 1.82) is 0 Å². The van der Waals surface area contributed by atoms with Crippen molar-refractivity contribution in [3.63, 3.8) is 0 Å². The van der Waals surface area contributed by atoms with E-state index in [2.05, 4.69) is 28.8 Å². The van der Waals surface area contributed by atoms with Gasteiger partial charge in [-0.2, -0.15) is 0 Å². The first-order chi connectivity index (χ1) is 13.8. The van der Waals surface area contributed by atoms with Crippen LogP contribution in [0.5, 0.6) is 0 Å². The van der Waals surface area contributed by atoms with Gasteiger partial charge in [-0.25, -0.2) is 9.97 Å². The van der Waals surface area contributed by atoms with Gasteiger partial charge < -0.3 is 9.64 Å². The van der Waals surface area contributed by atoms with Crippen molar-refractivity contribution < 1.29 is 9.72 Å². The molecule has 0 atom stereocenters. The number of H-pyrrole nitrogens is 1. The van der Waals surface area contributed by atoms with Crippen LogP contribution in [0.25, 0.3) is 20.4 Å². The molecule has 0 aromatic carbocycles. The number of thiophene rings is 1. The summed E-state index contributed by atoms with van der Waals surface area (Å²) in [4.78, 5) is 19.2. The van der Waals surface area contributed by atoms with Crippen LogP contribution in [0.15, 0.2) is 6.33 Å². The molecular formula is C21H28N5OS+. The third-order valence-corrected chi connectivity index (χ3v) is 7.09. The zero-order valence-electron chi connectivity index (χ0n) is 16.8. The van der Waals surface area contributed by atoms with E-state index < -0.39 is 0 Å². The third-order valence-electron chi connectivity index (χ3n) is 6.01. The van der Waals surface area contributed by atoms with E-state index in [1.807, 2.05) is 6.33 Å². The van der Waals surface area contributed by atoms with Crippen LogP contribution in [0.1, 0.15) is 37.3 Å². The molecule has 1 aliphatic carbocycles. The molecule has 28 heavy (non-hydrogen) atoms. The summed E-state index contributed by atoms with van der Waals surface area (Å²) in [6.45, 7) is 6.75. The second-order valence-corrected chi connectivity index (χ2v) is 8.83. The number of aromatic amines is 1. The van der Waals surface area contributed by atoms with Gasteiger partial charge in [0.05, 0.1) is 32.2 Å². The monoisotopic (exact) mass is 398 g/mol. The zero-order chi connectivity index (χ0) is 19.1. The summed E-state index contributed by atoms with van der Waals surface area (Å²) in [5, 5.41) is 1.30. The Morgan fingerprint density at radius 1 is 1.25 bits per heavy atom. The van der Waals surface area contributed by atoms with Crippen LogP contribution < -0.4 is 14.8 Å². The van der Waals surface area contributed by atoms with Crippen molar-refractivity contribution in [2.24, 2.45) is 0 Å². The van der Waals surface area contributed by atoms with E-state index in [9.17, 15) is 0 Å². The Kier molecular flexibility index (Phi) is 4.80. The number of unbranched alkanes of at least 4 members (excludes halogenated alkanes) is 1. The fraction of sp³-hybridized carbons (Fsp3) is 0.571. The maximum atomic E-state index is 5.56. The van der Waals surface area contributed by atoms with Crippen molar-refractivity contribution in [2.75, 3.05) is 49.7 Å². The molecule has 1 fully saturated rings. The molecule has 0 bridgehead atoms. The lowest BCUT2D eigenvalue weighted by Crippen LogP contribution is -2.37. The van der Waals surface area contributed by atoms with Gasteiger partial charge in [0.1, 0.15) is 15.3 Å². The number of morpholine rings is 1. The molecule has 0 unspecified atom stereocenters. The number of fused-ring (bicyclic) bond motifs is 5. The Bertz CT molecular complexity index is 1010. The van der Waals surface area contributed by atoms with Crippen molar-refractivity contribution in [3.8, 4) is 0 Å². The van der Waals surface area contributed by atoms with E-state index in [0.717, 1.165) is 56.0 Å². The van der Waals surface area contributed by atoms with Gasteiger partial charge in [0, 0.05) is 13.1 Å². The normalized spacial score (nSPS) is 16.9. The van der Waals surface area contributed by atoms with E-state index in [0.29, 0.717) is 0 Å². The number of nitrogens with zero attached hydrogens (tertiary/aromatic N) is 4. The summed E-state index contributed by atoms with van der Waals surface area (Å²) < 4.78 is 6.80. The molecule has 6 nitrogen and oxygen atoms in total. The van der Waals surface area contributed by atoms with Crippen LogP contribution in [0.2, 0.25) is 0 Å². The third kappa shape index (κ3) is 2.92. The lowest BCUT2D eigenvalue weighted by Gasteiger charge is -2.29. The summed E-state index contributed by atoms with van der Waals surface area (Å²) in [5.74, 6) is 2.36. The largest absolute Gasteiger partial charge is 0.378 e. The molecule has 2 aliphatic rings. The Morgan fingerprint density at radius 2 is 2.07 bits per heavy atom. The lowest BCUT2D eigenvalue weighted by molar-refractivity contribution is -0.366. The number of rotatable bonds is 5. The molecule has 1 saturated heterocycles. The maximum Gasteiger partial charge on any atom is 0.242 e. The Morgan fingerprint density at radius 3 is 2.89 bits per heavy atom. The highest BCUT2D eigenvalue weighted by molar-refractivity contribution is 7.26. The van der Waals surface area contributed by atoms with E-state index in [1.54, 1.807) is 11.3 Å². The average Bonchev–Trinajstić information content (AvgIpc) is 3.35. The second-order valence-electron chi connectivity index (χ2n) is 7.83. The smallest absolute Gasteiger partial charge is 0.242 e. The van der Waals surface area contributed by atoms with Gasteiger partial charge in [0.15, 0.2) is 5.52 Å².